The first kappa shape index (κ1) is 21.8. The summed E-state index contributed by atoms with van der Waals surface area (Å²) in [6, 6.07) is 7.86. The van der Waals surface area contributed by atoms with Crippen molar-refractivity contribution in [3.05, 3.63) is 41.7 Å². The normalized spacial score (nSPS) is 15.9. The molecule has 9 nitrogen and oxygen atoms in total. The first-order chi connectivity index (χ1) is 14.6. The predicted octanol–water partition coefficient (Wildman–Crippen LogP) is 1.29. The number of benzene rings is 1. The van der Waals surface area contributed by atoms with Crippen molar-refractivity contribution in [3.8, 4) is 5.75 Å². The third-order valence-corrected chi connectivity index (χ3v) is 5.24. The Morgan fingerprint density at radius 3 is 2.77 bits per heavy atom. The average molecular weight is 415 g/mol. The van der Waals surface area contributed by atoms with Crippen molar-refractivity contribution in [1.82, 2.24) is 25.2 Å². The smallest absolute Gasteiger partial charge is 0.273 e. The fourth-order valence-electron chi connectivity index (χ4n) is 3.61. The first-order valence-corrected chi connectivity index (χ1v) is 10.2. The van der Waals surface area contributed by atoms with Crippen molar-refractivity contribution in [1.29, 1.82) is 0 Å². The molecule has 1 aromatic heterocycles. The molecule has 1 aliphatic rings. The predicted molar refractivity (Wildman–Crippen MR) is 110 cm³/mol. The van der Waals surface area contributed by atoms with Crippen LogP contribution in [-0.2, 0) is 22.5 Å². The molecule has 2 aromatic rings. The Morgan fingerprint density at radius 2 is 2.03 bits per heavy atom. The van der Waals surface area contributed by atoms with Crippen LogP contribution >= 0.6 is 0 Å². The summed E-state index contributed by atoms with van der Waals surface area (Å²) < 4.78 is 11.7. The van der Waals surface area contributed by atoms with Gasteiger partial charge in [0, 0.05) is 26.6 Å². The minimum Gasteiger partial charge on any atom is -0.497 e. The van der Waals surface area contributed by atoms with Crippen LogP contribution in [0, 0.1) is 0 Å². The van der Waals surface area contributed by atoms with Gasteiger partial charge in [0.1, 0.15) is 5.75 Å². The molecule has 1 fully saturated rings. The lowest BCUT2D eigenvalue weighted by molar-refractivity contribution is -0.132. The molecule has 3 rings (SSSR count). The Hall–Kier alpha value is -2.94. The van der Waals surface area contributed by atoms with E-state index in [1.807, 2.05) is 29.2 Å². The molecular weight excluding hydrogens is 386 g/mol. The number of aryl methyl sites for hydroxylation is 1. The molecular formula is C21H29N5O4. The van der Waals surface area contributed by atoms with E-state index in [9.17, 15) is 9.59 Å². The molecule has 1 atom stereocenters. The zero-order chi connectivity index (χ0) is 21.3. The molecule has 1 aromatic carbocycles. The lowest BCUT2D eigenvalue weighted by atomic mass is 10.1. The third kappa shape index (κ3) is 5.79. The lowest BCUT2D eigenvalue weighted by Gasteiger charge is -2.24. The molecule has 0 unspecified atom stereocenters. The summed E-state index contributed by atoms with van der Waals surface area (Å²) in [6.45, 7) is 2.15. The number of carbonyl (C=O) groups is 2. The molecule has 1 aliphatic heterocycles. The van der Waals surface area contributed by atoms with Crippen LogP contribution < -0.4 is 10.1 Å². The van der Waals surface area contributed by atoms with Crippen LogP contribution in [0.15, 0.2) is 30.5 Å². The maximum Gasteiger partial charge on any atom is 0.273 e. The van der Waals surface area contributed by atoms with Gasteiger partial charge in [-0.15, -0.1) is 5.10 Å². The molecule has 0 bridgehead atoms. The Morgan fingerprint density at radius 1 is 1.23 bits per heavy atom. The number of nitrogens with one attached hydrogen (secondary N) is 1. The van der Waals surface area contributed by atoms with E-state index in [0.29, 0.717) is 32.5 Å². The largest absolute Gasteiger partial charge is 0.497 e. The number of likely N-dealkylation sites (tertiary alicyclic amines) is 1. The van der Waals surface area contributed by atoms with E-state index >= 15 is 0 Å². The molecule has 30 heavy (non-hydrogen) atoms. The van der Waals surface area contributed by atoms with Crippen molar-refractivity contribution in [3.63, 3.8) is 0 Å². The van der Waals surface area contributed by atoms with E-state index in [1.165, 1.54) is 0 Å². The molecule has 0 radical (unpaired) electrons. The second kappa shape index (κ2) is 10.7. The molecule has 162 valence electrons. The van der Waals surface area contributed by atoms with Gasteiger partial charge >= 0.3 is 0 Å². The Balaban J connectivity index is 1.51. The van der Waals surface area contributed by atoms with Gasteiger partial charge in [0.05, 0.1) is 32.5 Å². The van der Waals surface area contributed by atoms with Gasteiger partial charge < -0.3 is 19.7 Å². The third-order valence-electron chi connectivity index (χ3n) is 5.24. The summed E-state index contributed by atoms with van der Waals surface area (Å²) >= 11 is 0. The van der Waals surface area contributed by atoms with E-state index in [1.54, 1.807) is 25.1 Å². The molecule has 0 aliphatic carbocycles. The van der Waals surface area contributed by atoms with Gasteiger partial charge in [0.15, 0.2) is 5.69 Å². The maximum atomic E-state index is 12.8. The Kier molecular flexibility index (Phi) is 7.78. The van der Waals surface area contributed by atoms with Crippen molar-refractivity contribution in [2.24, 2.45) is 0 Å². The Bertz CT molecular complexity index is 836. The van der Waals surface area contributed by atoms with E-state index in [2.05, 4.69) is 15.6 Å². The van der Waals surface area contributed by atoms with Crippen molar-refractivity contribution < 1.29 is 19.1 Å². The first-order valence-electron chi connectivity index (χ1n) is 10.2. The standard InChI is InChI=1S/C21H29N5O4/c1-29-13-11-22-21(28)19-15-25(24-23-19)14-17-4-3-12-26(17)20(27)10-7-16-5-8-18(30-2)9-6-16/h5-6,8-9,15,17H,3-4,7,10-14H2,1-2H3,(H,22,28)/t17-/m0/s1. The number of hydrogen-bond donors (Lipinski definition) is 1. The summed E-state index contributed by atoms with van der Waals surface area (Å²) in [5.74, 6) is 0.673. The van der Waals surface area contributed by atoms with Crippen LogP contribution in [0.2, 0.25) is 0 Å². The number of amides is 2. The molecule has 1 N–H and O–H groups in total. The van der Waals surface area contributed by atoms with Gasteiger partial charge in [0.25, 0.3) is 5.91 Å². The van der Waals surface area contributed by atoms with Crippen LogP contribution in [0.1, 0.15) is 35.3 Å². The number of aromatic nitrogens is 3. The lowest BCUT2D eigenvalue weighted by Crippen LogP contribution is -2.38. The van der Waals surface area contributed by atoms with Gasteiger partial charge in [-0.1, -0.05) is 17.3 Å². The maximum absolute atomic E-state index is 12.8. The van der Waals surface area contributed by atoms with Gasteiger partial charge in [-0.2, -0.15) is 0 Å². The molecule has 9 heteroatoms. The van der Waals surface area contributed by atoms with Crippen LogP contribution in [-0.4, -0.2) is 71.7 Å². The van der Waals surface area contributed by atoms with Gasteiger partial charge in [-0.25, -0.2) is 4.68 Å². The monoisotopic (exact) mass is 415 g/mol. The Labute approximate surface area is 176 Å². The highest BCUT2D eigenvalue weighted by Crippen LogP contribution is 2.21. The molecule has 0 saturated carbocycles. The van der Waals surface area contributed by atoms with Crippen LogP contribution in [0.25, 0.3) is 0 Å². The van der Waals surface area contributed by atoms with Crippen LogP contribution in [0.3, 0.4) is 0 Å². The number of methoxy groups -OCH3 is 2. The molecule has 2 heterocycles. The highest BCUT2D eigenvalue weighted by atomic mass is 16.5. The highest BCUT2D eigenvalue weighted by Gasteiger charge is 2.29. The minimum atomic E-state index is -0.280. The van der Waals surface area contributed by atoms with Crippen LogP contribution in [0.4, 0.5) is 0 Å². The van der Waals surface area contributed by atoms with Crippen molar-refractivity contribution in [2.45, 2.75) is 38.3 Å². The summed E-state index contributed by atoms with van der Waals surface area (Å²) in [6.07, 6.45) is 4.68. The van der Waals surface area contributed by atoms with Gasteiger partial charge in [0.2, 0.25) is 5.91 Å². The van der Waals surface area contributed by atoms with E-state index in [0.717, 1.165) is 30.7 Å². The fraction of sp³-hybridized carbons (Fsp3) is 0.524. The summed E-state index contributed by atoms with van der Waals surface area (Å²) in [5, 5.41) is 10.7. The second-order valence-electron chi connectivity index (χ2n) is 7.31. The second-order valence-corrected chi connectivity index (χ2v) is 7.31. The number of rotatable bonds is 10. The van der Waals surface area contributed by atoms with Crippen molar-refractivity contribution >= 4 is 11.8 Å². The zero-order valence-corrected chi connectivity index (χ0v) is 17.5. The van der Waals surface area contributed by atoms with E-state index in [4.69, 9.17) is 9.47 Å². The number of carbonyl (C=O) groups excluding carboxylic acids is 2. The minimum absolute atomic E-state index is 0.0690. The molecule has 0 spiro atoms. The van der Waals surface area contributed by atoms with E-state index in [-0.39, 0.29) is 23.6 Å². The van der Waals surface area contributed by atoms with Crippen molar-refractivity contribution in [2.75, 3.05) is 33.9 Å². The quantitative estimate of drug-likeness (QED) is 0.587. The van der Waals surface area contributed by atoms with E-state index < -0.39 is 0 Å². The SMILES string of the molecule is COCCNC(=O)c1cn(C[C@@H]2CCCN2C(=O)CCc2ccc(OC)cc2)nn1. The summed E-state index contributed by atoms with van der Waals surface area (Å²) in [7, 11) is 3.21. The highest BCUT2D eigenvalue weighted by molar-refractivity contribution is 5.91. The zero-order valence-electron chi connectivity index (χ0n) is 17.5. The topological polar surface area (TPSA) is 98.6 Å². The fourth-order valence-corrected chi connectivity index (χ4v) is 3.61. The summed E-state index contributed by atoms with van der Waals surface area (Å²) in [4.78, 5) is 26.8. The van der Waals surface area contributed by atoms with Crippen LogP contribution in [0.5, 0.6) is 5.75 Å². The number of hydrogen-bond acceptors (Lipinski definition) is 6. The van der Waals surface area contributed by atoms with Gasteiger partial charge in [-0.05, 0) is 37.0 Å². The molecule has 1 saturated heterocycles. The van der Waals surface area contributed by atoms with Gasteiger partial charge in [-0.3, -0.25) is 9.59 Å². The number of nitrogens with zero attached hydrogens (tertiary/aromatic N) is 4. The number of ether oxygens (including phenoxy) is 2. The molecule has 2 amide bonds. The average Bonchev–Trinajstić information content (AvgIpc) is 3.42. The summed E-state index contributed by atoms with van der Waals surface area (Å²) in [5.41, 5.74) is 1.38.